The average Bonchev–Trinajstić information content (AvgIpc) is 3.21. The minimum Gasteiger partial charge on any atom is -0.493 e. The van der Waals surface area contributed by atoms with E-state index in [4.69, 9.17) is 19.6 Å². The van der Waals surface area contributed by atoms with Crippen molar-refractivity contribution in [2.45, 2.75) is 5.92 Å². The first-order valence-corrected chi connectivity index (χ1v) is 9.30. The number of fused-ring (bicyclic) bond motifs is 2. The molecule has 0 spiro atoms. The first-order valence-electron chi connectivity index (χ1n) is 9.30. The topological polar surface area (TPSA) is 127 Å². The van der Waals surface area contributed by atoms with Crippen molar-refractivity contribution in [2.75, 3.05) is 34.0 Å². The number of methoxy groups -OCH3 is 1. The van der Waals surface area contributed by atoms with Gasteiger partial charge in [0.05, 0.1) is 51.2 Å². The highest BCUT2D eigenvalue weighted by Crippen LogP contribution is 2.54. The van der Waals surface area contributed by atoms with Gasteiger partial charge in [-0.1, -0.05) is 0 Å². The van der Waals surface area contributed by atoms with Gasteiger partial charge in [-0.3, -0.25) is 0 Å². The van der Waals surface area contributed by atoms with Crippen molar-refractivity contribution in [3.05, 3.63) is 29.3 Å². The van der Waals surface area contributed by atoms with E-state index >= 15 is 0 Å². The third-order valence-corrected chi connectivity index (χ3v) is 6.12. The number of likely N-dealkylation sites (N-methyl/N-ethyl adjacent to an activating group) is 1. The van der Waals surface area contributed by atoms with Crippen molar-refractivity contribution in [2.24, 2.45) is 17.3 Å². The highest BCUT2D eigenvalue weighted by molar-refractivity contribution is 6.00. The Hall–Kier alpha value is -3.54. The summed E-state index contributed by atoms with van der Waals surface area (Å²) in [4.78, 5) is 1.21. The zero-order chi connectivity index (χ0) is 20.8. The lowest BCUT2D eigenvalue weighted by Gasteiger charge is -2.46. The summed E-state index contributed by atoms with van der Waals surface area (Å²) in [5.74, 6) is -0.291. The maximum absolute atomic E-state index is 10.1. The normalized spacial score (nSPS) is 28.9. The zero-order valence-corrected chi connectivity index (χ0v) is 16.2. The fourth-order valence-electron chi connectivity index (χ4n) is 4.76. The molecule has 2 heterocycles. The molecule has 2 aliphatic heterocycles. The Morgan fingerprint density at radius 1 is 1.24 bits per heavy atom. The van der Waals surface area contributed by atoms with E-state index in [-0.39, 0.29) is 18.4 Å². The summed E-state index contributed by atoms with van der Waals surface area (Å²) in [7, 11) is 3.55. The number of nitrogens with one attached hydrogen (secondary N) is 2. The summed E-state index contributed by atoms with van der Waals surface area (Å²) >= 11 is 0. The molecule has 1 aromatic carbocycles. The molecule has 1 fully saturated rings. The Kier molecular flexibility index (Phi) is 4.42. The summed E-state index contributed by atoms with van der Waals surface area (Å²) in [6, 6.07) is 9.86. The van der Waals surface area contributed by atoms with Crippen LogP contribution in [0.3, 0.4) is 0 Å². The molecule has 146 valence electrons. The van der Waals surface area contributed by atoms with E-state index in [1.54, 1.807) is 12.1 Å². The second-order valence-electron chi connectivity index (χ2n) is 7.62. The molecular weight excluding hydrogens is 370 g/mol. The van der Waals surface area contributed by atoms with E-state index < -0.39 is 17.3 Å². The van der Waals surface area contributed by atoms with Crippen LogP contribution in [0.25, 0.3) is 0 Å². The minimum atomic E-state index is -1.75. The Labute approximate surface area is 168 Å². The van der Waals surface area contributed by atoms with Crippen LogP contribution in [0.2, 0.25) is 0 Å². The average molecular weight is 390 g/mol. The molecule has 0 aromatic heterocycles. The summed E-state index contributed by atoms with van der Waals surface area (Å²) < 4.78 is 16.5. The summed E-state index contributed by atoms with van der Waals surface area (Å²) in [5, 5.41) is 38.6. The van der Waals surface area contributed by atoms with Crippen LogP contribution in [0.15, 0.2) is 23.8 Å². The zero-order valence-electron chi connectivity index (χ0n) is 16.2. The van der Waals surface area contributed by atoms with Gasteiger partial charge in [0.25, 0.3) is 0 Å². The van der Waals surface area contributed by atoms with Crippen molar-refractivity contribution in [1.29, 1.82) is 21.2 Å². The first-order chi connectivity index (χ1) is 14.0. The Morgan fingerprint density at radius 3 is 2.66 bits per heavy atom. The van der Waals surface area contributed by atoms with Crippen LogP contribution in [-0.4, -0.2) is 39.8 Å². The lowest BCUT2D eigenvalue weighted by atomic mass is 9.54. The molecule has 3 aliphatic rings. The fraction of sp³-hybridized carbons (Fsp3) is 0.429. The Morgan fingerprint density at radius 2 is 2.00 bits per heavy atom. The Bertz CT molecular complexity index is 1030. The predicted molar refractivity (Wildman–Crippen MR) is 101 cm³/mol. The van der Waals surface area contributed by atoms with Gasteiger partial charge in [0.1, 0.15) is 5.92 Å². The van der Waals surface area contributed by atoms with E-state index in [9.17, 15) is 15.8 Å². The molecule has 1 aromatic rings. The highest BCUT2D eigenvalue weighted by atomic mass is 16.7. The van der Waals surface area contributed by atoms with Crippen LogP contribution in [0.4, 0.5) is 0 Å². The van der Waals surface area contributed by atoms with Gasteiger partial charge in [-0.2, -0.15) is 15.8 Å². The molecule has 2 N–H and O–H groups in total. The molecule has 4 rings (SSSR count). The highest BCUT2D eigenvalue weighted by Gasteiger charge is 2.58. The number of hydrogen-bond donors (Lipinski definition) is 2. The van der Waals surface area contributed by atoms with Gasteiger partial charge in [0.15, 0.2) is 16.9 Å². The number of quaternary nitrogens is 1. The van der Waals surface area contributed by atoms with Gasteiger partial charge in [-0.25, -0.2) is 0 Å². The largest absolute Gasteiger partial charge is 0.493 e. The van der Waals surface area contributed by atoms with Crippen LogP contribution in [-0.2, 0) is 0 Å². The van der Waals surface area contributed by atoms with Crippen LogP contribution in [0, 0.1) is 56.7 Å². The van der Waals surface area contributed by atoms with Gasteiger partial charge < -0.3 is 24.5 Å². The third-order valence-electron chi connectivity index (χ3n) is 6.12. The van der Waals surface area contributed by atoms with Crippen molar-refractivity contribution >= 4 is 5.71 Å². The molecule has 0 amide bonds. The lowest BCUT2D eigenvalue weighted by Crippen LogP contribution is -3.10. The lowest BCUT2D eigenvalue weighted by molar-refractivity contribution is -0.878. The molecule has 0 saturated heterocycles. The van der Waals surface area contributed by atoms with Crippen LogP contribution < -0.4 is 19.1 Å². The maximum Gasteiger partial charge on any atom is 0.231 e. The molecule has 29 heavy (non-hydrogen) atoms. The number of rotatable bonds is 2. The van der Waals surface area contributed by atoms with Crippen molar-refractivity contribution < 1.29 is 19.1 Å². The first kappa shape index (κ1) is 18.8. The van der Waals surface area contributed by atoms with Crippen molar-refractivity contribution in [3.8, 4) is 35.5 Å². The number of nitrogens with zero attached hydrogens (tertiary/aromatic N) is 3. The van der Waals surface area contributed by atoms with Crippen LogP contribution in [0.1, 0.15) is 11.5 Å². The van der Waals surface area contributed by atoms with E-state index in [0.29, 0.717) is 29.4 Å². The second-order valence-corrected chi connectivity index (χ2v) is 7.62. The van der Waals surface area contributed by atoms with Crippen LogP contribution in [0.5, 0.6) is 17.2 Å². The van der Waals surface area contributed by atoms with Crippen molar-refractivity contribution in [3.63, 3.8) is 0 Å². The van der Waals surface area contributed by atoms with Gasteiger partial charge in [0.2, 0.25) is 12.5 Å². The molecule has 1 saturated carbocycles. The Balaban J connectivity index is 1.97. The standard InChI is InChI=1S/C21H19N5O3/c1-26-4-3-13-14(7-22)20(25)21(9-23,10-24)18(15(13)8-26)12-5-16(27-2)19-17(6-12)28-11-29-19/h3,5-6,14-15,18,25H,4,8,11H2,1-2H3/p+1/t14?,15-,18-/m1/s1. The minimum absolute atomic E-state index is 0.0647. The smallest absolute Gasteiger partial charge is 0.231 e. The summed E-state index contributed by atoms with van der Waals surface area (Å²) in [6.07, 6.45) is 1.99. The van der Waals surface area contributed by atoms with E-state index in [1.807, 2.05) is 13.1 Å². The number of ether oxygens (including phenoxy) is 3. The third kappa shape index (κ3) is 2.56. The number of hydrogen-bond acceptors (Lipinski definition) is 7. The summed E-state index contributed by atoms with van der Waals surface area (Å²) in [5.41, 5.74) is -0.417. The predicted octanol–water partition coefficient (Wildman–Crippen LogP) is 0.785. The molecule has 2 unspecified atom stereocenters. The quantitative estimate of drug-likeness (QED) is 0.719. The molecule has 8 heteroatoms. The fourth-order valence-corrected chi connectivity index (χ4v) is 4.76. The second kappa shape index (κ2) is 6.81. The number of benzene rings is 1. The molecule has 8 nitrogen and oxygen atoms in total. The molecule has 0 radical (unpaired) electrons. The van der Waals surface area contributed by atoms with E-state index in [2.05, 4.69) is 18.2 Å². The van der Waals surface area contributed by atoms with Gasteiger partial charge >= 0.3 is 0 Å². The molecule has 0 bridgehead atoms. The molecule has 4 atom stereocenters. The maximum atomic E-state index is 10.1. The SMILES string of the molecule is COc1cc([C@@H]2[C@@H]3C[NH+](C)CC=C3C(C#N)C(=N)C2(C#N)C#N)cc2c1OCO2. The van der Waals surface area contributed by atoms with Gasteiger partial charge in [-0.05, 0) is 29.3 Å². The van der Waals surface area contributed by atoms with E-state index in [0.717, 1.165) is 12.1 Å². The van der Waals surface area contributed by atoms with E-state index in [1.165, 1.54) is 12.0 Å². The summed E-state index contributed by atoms with van der Waals surface area (Å²) in [6.45, 7) is 1.46. The number of nitriles is 3. The molecule has 1 aliphatic carbocycles. The van der Waals surface area contributed by atoms with Crippen molar-refractivity contribution in [1.82, 2.24) is 0 Å². The van der Waals surface area contributed by atoms with Crippen LogP contribution >= 0.6 is 0 Å². The monoisotopic (exact) mass is 390 g/mol. The van der Waals surface area contributed by atoms with Gasteiger partial charge in [-0.15, -0.1) is 0 Å². The van der Waals surface area contributed by atoms with Gasteiger partial charge in [0, 0.05) is 11.8 Å². The molecular formula is C21H20N5O3+.